The molecule has 1 amide bonds. The Morgan fingerprint density at radius 3 is 2.79 bits per heavy atom. The van der Waals surface area contributed by atoms with Gasteiger partial charge in [0.15, 0.2) is 5.82 Å². The molecule has 6 rings (SSSR count). The van der Waals surface area contributed by atoms with E-state index in [0.717, 1.165) is 75.2 Å². The number of hydrogen-bond acceptors (Lipinski definition) is 8. The Morgan fingerprint density at radius 2 is 2.00 bits per heavy atom. The SMILES string of the molecule is CNC(=O)C1CCCC2(CCN(c3cc(Nc4cc(OC5CCC5)ccn4)nc(-c4cccnc4)n3)C2)C1. The number of rotatable bonds is 7. The molecule has 9 heteroatoms. The summed E-state index contributed by atoms with van der Waals surface area (Å²) in [7, 11) is 1.74. The Labute approximate surface area is 223 Å². The molecular formula is C29H35N7O2. The fourth-order valence-electron chi connectivity index (χ4n) is 6.03. The number of carbonyl (C=O) groups excluding carboxylic acids is 1. The third-order valence-electron chi connectivity index (χ3n) is 8.29. The van der Waals surface area contributed by atoms with Gasteiger partial charge in [0.25, 0.3) is 0 Å². The summed E-state index contributed by atoms with van der Waals surface area (Å²) < 4.78 is 6.07. The molecule has 3 aliphatic rings. The maximum atomic E-state index is 12.4. The van der Waals surface area contributed by atoms with Crippen molar-refractivity contribution in [3.63, 3.8) is 0 Å². The van der Waals surface area contributed by atoms with E-state index in [1.807, 2.05) is 30.3 Å². The second-order valence-electron chi connectivity index (χ2n) is 10.9. The second kappa shape index (κ2) is 10.6. The highest BCUT2D eigenvalue weighted by Gasteiger charge is 2.43. The Balaban J connectivity index is 1.26. The average molecular weight is 514 g/mol. The van der Waals surface area contributed by atoms with E-state index < -0.39 is 0 Å². The number of ether oxygens (including phenoxy) is 1. The van der Waals surface area contributed by atoms with E-state index in [4.69, 9.17) is 14.7 Å². The van der Waals surface area contributed by atoms with Crippen LogP contribution in [0, 0.1) is 11.3 Å². The smallest absolute Gasteiger partial charge is 0.222 e. The van der Waals surface area contributed by atoms with Gasteiger partial charge in [0.1, 0.15) is 23.2 Å². The molecule has 38 heavy (non-hydrogen) atoms. The van der Waals surface area contributed by atoms with Gasteiger partial charge in [0, 0.05) is 62.3 Å². The molecule has 0 radical (unpaired) electrons. The van der Waals surface area contributed by atoms with Gasteiger partial charge in [-0.2, -0.15) is 0 Å². The molecule has 2 N–H and O–H groups in total. The van der Waals surface area contributed by atoms with Crippen LogP contribution < -0.4 is 20.3 Å². The van der Waals surface area contributed by atoms with E-state index in [2.05, 4.69) is 25.5 Å². The lowest BCUT2D eigenvalue weighted by Crippen LogP contribution is -2.38. The van der Waals surface area contributed by atoms with Crippen LogP contribution >= 0.6 is 0 Å². The van der Waals surface area contributed by atoms with Gasteiger partial charge in [-0.25, -0.2) is 15.0 Å². The fourth-order valence-corrected chi connectivity index (χ4v) is 6.03. The molecule has 2 unspecified atom stereocenters. The third kappa shape index (κ3) is 5.28. The fraction of sp³-hybridized carbons (Fsp3) is 0.483. The van der Waals surface area contributed by atoms with Gasteiger partial charge in [-0.3, -0.25) is 9.78 Å². The third-order valence-corrected chi connectivity index (χ3v) is 8.29. The Hall–Kier alpha value is -3.75. The van der Waals surface area contributed by atoms with Crippen LogP contribution in [0.4, 0.5) is 17.5 Å². The normalized spacial score (nSPS) is 23.2. The van der Waals surface area contributed by atoms with Crippen molar-refractivity contribution in [3.8, 4) is 17.1 Å². The van der Waals surface area contributed by atoms with Crippen LogP contribution in [0.15, 0.2) is 48.9 Å². The number of aromatic nitrogens is 4. The largest absolute Gasteiger partial charge is 0.490 e. The van der Waals surface area contributed by atoms with E-state index in [0.29, 0.717) is 23.6 Å². The van der Waals surface area contributed by atoms with Crippen molar-refractivity contribution in [2.24, 2.45) is 11.3 Å². The Morgan fingerprint density at radius 1 is 1.08 bits per heavy atom. The van der Waals surface area contributed by atoms with Gasteiger partial charge in [0.2, 0.25) is 5.91 Å². The van der Waals surface area contributed by atoms with Crippen LogP contribution in [0.1, 0.15) is 51.4 Å². The summed E-state index contributed by atoms with van der Waals surface area (Å²) in [6.45, 7) is 1.80. The minimum Gasteiger partial charge on any atom is -0.490 e. The first-order valence-electron chi connectivity index (χ1n) is 13.7. The number of pyridine rings is 2. The van der Waals surface area contributed by atoms with Gasteiger partial charge in [-0.15, -0.1) is 0 Å². The quantitative estimate of drug-likeness (QED) is 0.467. The van der Waals surface area contributed by atoms with Gasteiger partial charge in [-0.05, 0) is 68.6 Å². The van der Waals surface area contributed by atoms with Crippen LogP contribution in [0.3, 0.4) is 0 Å². The maximum absolute atomic E-state index is 12.4. The molecule has 1 aliphatic heterocycles. The molecule has 3 fully saturated rings. The summed E-state index contributed by atoms with van der Waals surface area (Å²) in [5.41, 5.74) is 1.01. The summed E-state index contributed by atoms with van der Waals surface area (Å²) in [5, 5.41) is 6.24. The standard InChI is InChI=1S/C29H35N7O2/c1-30-28(37)20-5-3-10-29(17-20)11-14-36(19-29)26-16-25(34-27(35-26)21-6-4-12-31-18-21)33-24-15-23(9-13-32-24)38-22-7-2-8-22/h4,6,9,12-13,15-16,18,20,22H,2-3,5,7-8,10-11,14,17,19H2,1H3,(H,30,37)(H,32,33,34,35). The van der Waals surface area contributed by atoms with Gasteiger partial charge >= 0.3 is 0 Å². The molecule has 2 aliphatic carbocycles. The predicted molar refractivity (Wildman–Crippen MR) is 146 cm³/mol. The van der Waals surface area contributed by atoms with Crippen LogP contribution in [-0.2, 0) is 4.79 Å². The number of nitrogens with zero attached hydrogens (tertiary/aromatic N) is 5. The van der Waals surface area contributed by atoms with Crippen molar-refractivity contribution in [2.75, 3.05) is 30.4 Å². The van der Waals surface area contributed by atoms with Crippen LogP contribution in [0.2, 0.25) is 0 Å². The van der Waals surface area contributed by atoms with E-state index in [-0.39, 0.29) is 17.2 Å². The topological polar surface area (TPSA) is 105 Å². The predicted octanol–water partition coefficient (Wildman–Crippen LogP) is 4.74. The molecule has 0 bridgehead atoms. The van der Waals surface area contributed by atoms with Gasteiger partial charge in [-0.1, -0.05) is 6.42 Å². The zero-order chi connectivity index (χ0) is 26.0. The maximum Gasteiger partial charge on any atom is 0.222 e. The Kier molecular flexibility index (Phi) is 6.82. The summed E-state index contributed by atoms with van der Waals surface area (Å²) >= 11 is 0. The number of hydrogen-bond donors (Lipinski definition) is 2. The first kappa shape index (κ1) is 24.6. The highest BCUT2D eigenvalue weighted by Crippen LogP contribution is 2.47. The summed E-state index contributed by atoms with van der Waals surface area (Å²) in [6.07, 6.45) is 14.3. The molecule has 2 saturated carbocycles. The van der Waals surface area contributed by atoms with Crippen LogP contribution in [0.5, 0.6) is 5.75 Å². The van der Waals surface area contributed by atoms with Crippen molar-refractivity contribution in [3.05, 3.63) is 48.9 Å². The molecule has 1 saturated heterocycles. The van der Waals surface area contributed by atoms with Crippen molar-refractivity contribution >= 4 is 23.4 Å². The summed E-state index contributed by atoms with van der Waals surface area (Å²) in [5.74, 6) is 3.94. The lowest BCUT2D eigenvalue weighted by molar-refractivity contribution is -0.126. The minimum absolute atomic E-state index is 0.0998. The molecule has 3 aromatic heterocycles. The molecule has 4 heterocycles. The highest BCUT2D eigenvalue weighted by atomic mass is 16.5. The molecule has 9 nitrogen and oxygen atoms in total. The first-order chi connectivity index (χ1) is 18.6. The molecule has 2 atom stereocenters. The van der Waals surface area contributed by atoms with Crippen molar-refractivity contribution in [2.45, 2.75) is 57.5 Å². The van der Waals surface area contributed by atoms with Crippen molar-refractivity contribution in [1.82, 2.24) is 25.3 Å². The van der Waals surface area contributed by atoms with Gasteiger partial charge < -0.3 is 20.3 Å². The molecule has 3 aromatic rings. The van der Waals surface area contributed by atoms with Crippen molar-refractivity contribution < 1.29 is 9.53 Å². The lowest BCUT2D eigenvalue weighted by Gasteiger charge is -2.37. The van der Waals surface area contributed by atoms with Crippen LogP contribution in [-0.4, -0.2) is 52.1 Å². The van der Waals surface area contributed by atoms with Crippen molar-refractivity contribution in [1.29, 1.82) is 0 Å². The Bertz CT molecular complexity index is 1280. The summed E-state index contributed by atoms with van der Waals surface area (Å²) in [4.78, 5) is 33.3. The van der Waals surface area contributed by atoms with E-state index in [1.165, 1.54) is 6.42 Å². The zero-order valence-electron chi connectivity index (χ0n) is 21.9. The zero-order valence-corrected chi connectivity index (χ0v) is 21.9. The van der Waals surface area contributed by atoms with E-state index >= 15 is 0 Å². The molecular weight excluding hydrogens is 478 g/mol. The molecule has 1 spiro atoms. The number of amides is 1. The molecule has 198 valence electrons. The van der Waals surface area contributed by atoms with E-state index in [1.54, 1.807) is 25.6 Å². The highest BCUT2D eigenvalue weighted by molar-refractivity contribution is 5.78. The number of carbonyl (C=O) groups is 1. The van der Waals surface area contributed by atoms with Gasteiger partial charge in [0.05, 0.1) is 6.10 Å². The van der Waals surface area contributed by atoms with Crippen LogP contribution in [0.25, 0.3) is 11.4 Å². The number of anilines is 3. The molecule has 0 aromatic carbocycles. The monoisotopic (exact) mass is 513 g/mol. The number of nitrogens with one attached hydrogen (secondary N) is 2. The first-order valence-corrected chi connectivity index (χ1v) is 13.7. The lowest BCUT2D eigenvalue weighted by atomic mass is 9.69. The van der Waals surface area contributed by atoms with E-state index in [9.17, 15) is 4.79 Å². The minimum atomic E-state index is 0.0998. The summed E-state index contributed by atoms with van der Waals surface area (Å²) in [6, 6.07) is 9.69. The average Bonchev–Trinajstić information content (AvgIpc) is 3.33. The second-order valence-corrected chi connectivity index (χ2v) is 10.9.